The summed E-state index contributed by atoms with van der Waals surface area (Å²) in [5, 5.41) is 11.0. The first-order chi connectivity index (χ1) is 13.2. The molecule has 8 atom stereocenters. The highest BCUT2D eigenvalue weighted by Gasteiger charge is 2.61. The van der Waals surface area contributed by atoms with E-state index in [0.29, 0.717) is 22.0 Å². The average Bonchev–Trinajstić information content (AvgIpc) is 2.90. The molecule has 168 valence electrons. The number of rotatable bonds is 2. The molecule has 1 N–H and O–H groups in total. The standard InChI is InChI=1S/C26H48O2Si/c1-23(2,3)29(7,8)28-22-12-11-20-19-10-9-18-17-24(4,27)15-16-25(18,5)21(19)13-14-26(20,22)6/h18-22,27H,9-17H2,1-8H3/t18?,19-,20-,21-,22?,24?,25-,26-/m0/s1. The van der Waals surface area contributed by atoms with E-state index in [-0.39, 0.29) is 0 Å². The van der Waals surface area contributed by atoms with Crippen molar-refractivity contribution in [1.82, 2.24) is 0 Å². The lowest BCUT2D eigenvalue weighted by Gasteiger charge is -2.62. The lowest BCUT2D eigenvalue weighted by atomic mass is 9.44. The van der Waals surface area contributed by atoms with Gasteiger partial charge in [-0.1, -0.05) is 34.6 Å². The van der Waals surface area contributed by atoms with Crippen molar-refractivity contribution in [2.24, 2.45) is 34.5 Å². The molecule has 0 amide bonds. The minimum absolute atomic E-state index is 0.295. The van der Waals surface area contributed by atoms with E-state index in [1.54, 1.807) is 0 Å². The first kappa shape index (κ1) is 22.3. The molecule has 4 aliphatic carbocycles. The van der Waals surface area contributed by atoms with E-state index in [1.807, 2.05) is 0 Å². The van der Waals surface area contributed by atoms with Crippen molar-refractivity contribution in [3.8, 4) is 0 Å². The predicted octanol–water partition coefficient (Wildman–Crippen LogP) is 7.17. The van der Waals surface area contributed by atoms with Gasteiger partial charge in [0.1, 0.15) is 0 Å². The molecule has 3 unspecified atom stereocenters. The summed E-state index contributed by atoms with van der Waals surface area (Å²) in [6.45, 7) is 19.3. The van der Waals surface area contributed by atoms with Gasteiger partial charge in [0.25, 0.3) is 0 Å². The lowest BCUT2D eigenvalue weighted by Crippen LogP contribution is -2.56. The van der Waals surface area contributed by atoms with Crippen LogP contribution in [0.15, 0.2) is 0 Å². The van der Waals surface area contributed by atoms with E-state index in [0.717, 1.165) is 36.5 Å². The molecule has 0 spiro atoms. The smallest absolute Gasteiger partial charge is 0.192 e. The molecule has 0 aromatic carbocycles. The van der Waals surface area contributed by atoms with E-state index < -0.39 is 13.9 Å². The average molecular weight is 421 g/mol. The van der Waals surface area contributed by atoms with Crippen molar-refractivity contribution in [2.75, 3.05) is 0 Å². The van der Waals surface area contributed by atoms with Gasteiger partial charge in [0.15, 0.2) is 8.32 Å². The van der Waals surface area contributed by atoms with Gasteiger partial charge in [0.2, 0.25) is 0 Å². The Morgan fingerprint density at radius 3 is 2.14 bits per heavy atom. The van der Waals surface area contributed by atoms with Crippen LogP contribution in [0.2, 0.25) is 18.1 Å². The molecule has 2 nitrogen and oxygen atoms in total. The number of fused-ring (bicyclic) bond motifs is 5. The second kappa shape index (κ2) is 6.82. The molecular formula is C26H48O2Si. The Kier molecular flexibility index (Phi) is 5.25. The van der Waals surface area contributed by atoms with E-state index in [9.17, 15) is 5.11 Å². The van der Waals surface area contributed by atoms with Crippen LogP contribution in [0.4, 0.5) is 0 Å². The Morgan fingerprint density at radius 1 is 0.828 bits per heavy atom. The molecular weight excluding hydrogens is 372 g/mol. The molecule has 0 saturated heterocycles. The Bertz CT molecular complexity index is 635. The van der Waals surface area contributed by atoms with E-state index >= 15 is 0 Å². The largest absolute Gasteiger partial charge is 0.413 e. The second-order valence-corrected chi connectivity index (χ2v) is 18.6. The summed E-state index contributed by atoms with van der Waals surface area (Å²) in [4.78, 5) is 0. The molecule has 0 aromatic heterocycles. The van der Waals surface area contributed by atoms with Crippen LogP contribution in [-0.4, -0.2) is 25.1 Å². The van der Waals surface area contributed by atoms with Crippen LogP contribution in [0.3, 0.4) is 0 Å². The third kappa shape index (κ3) is 3.50. The zero-order valence-corrected chi connectivity index (χ0v) is 21.6. The zero-order chi connectivity index (χ0) is 21.5. The summed E-state index contributed by atoms with van der Waals surface area (Å²) in [7, 11) is -1.72. The summed E-state index contributed by atoms with van der Waals surface area (Å²) in [5.74, 6) is 3.36. The minimum atomic E-state index is -1.72. The van der Waals surface area contributed by atoms with Crippen molar-refractivity contribution in [2.45, 2.75) is 129 Å². The highest BCUT2D eigenvalue weighted by atomic mass is 28.4. The van der Waals surface area contributed by atoms with Crippen LogP contribution in [0.5, 0.6) is 0 Å². The van der Waals surface area contributed by atoms with E-state index in [2.05, 4.69) is 54.6 Å². The normalized spacial score (nSPS) is 50.6. The van der Waals surface area contributed by atoms with Gasteiger partial charge < -0.3 is 9.53 Å². The zero-order valence-electron chi connectivity index (χ0n) is 20.6. The van der Waals surface area contributed by atoms with Crippen LogP contribution in [0.1, 0.15) is 99.3 Å². The molecule has 0 radical (unpaired) electrons. The van der Waals surface area contributed by atoms with Crippen LogP contribution in [0, 0.1) is 34.5 Å². The maximum atomic E-state index is 10.7. The maximum absolute atomic E-state index is 10.7. The summed E-state index contributed by atoms with van der Waals surface area (Å²) in [6.07, 6.45) is 11.9. The highest BCUT2D eigenvalue weighted by Crippen LogP contribution is 2.67. The SMILES string of the molecule is CC1(O)CC[C@@]2(C)C(CC[C@@H]3[C@@H]2CC[C@]2(C)C(O[Si](C)(C)C(C)(C)C)CC[C@@H]32)C1. The Morgan fingerprint density at radius 2 is 1.48 bits per heavy atom. The first-order valence-corrected chi connectivity index (χ1v) is 15.5. The number of aliphatic hydroxyl groups is 1. The fraction of sp³-hybridized carbons (Fsp3) is 1.00. The summed E-state index contributed by atoms with van der Waals surface area (Å²) >= 11 is 0. The van der Waals surface area contributed by atoms with Crippen LogP contribution >= 0.6 is 0 Å². The van der Waals surface area contributed by atoms with Crippen molar-refractivity contribution < 1.29 is 9.53 Å². The minimum Gasteiger partial charge on any atom is -0.413 e. The van der Waals surface area contributed by atoms with Crippen molar-refractivity contribution in [1.29, 1.82) is 0 Å². The Labute approximate surface area is 181 Å². The van der Waals surface area contributed by atoms with Gasteiger partial charge in [-0.2, -0.15) is 0 Å². The number of hydrogen-bond acceptors (Lipinski definition) is 2. The fourth-order valence-corrected chi connectivity index (χ4v) is 9.56. The third-order valence-corrected chi connectivity index (χ3v) is 15.6. The van der Waals surface area contributed by atoms with Crippen molar-refractivity contribution in [3.05, 3.63) is 0 Å². The van der Waals surface area contributed by atoms with Gasteiger partial charge in [-0.25, -0.2) is 0 Å². The van der Waals surface area contributed by atoms with Gasteiger partial charge >= 0.3 is 0 Å². The molecule has 0 aromatic rings. The summed E-state index contributed by atoms with van der Waals surface area (Å²) < 4.78 is 7.08. The monoisotopic (exact) mass is 420 g/mol. The Hall–Kier alpha value is 0.137. The van der Waals surface area contributed by atoms with Gasteiger partial charge in [0, 0.05) is 0 Å². The second-order valence-electron chi connectivity index (χ2n) is 13.8. The molecule has 4 saturated carbocycles. The lowest BCUT2D eigenvalue weighted by molar-refractivity contribution is -0.149. The van der Waals surface area contributed by atoms with Crippen LogP contribution in [-0.2, 0) is 4.43 Å². The van der Waals surface area contributed by atoms with Crippen molar-refractivity contribution in [3.63, 3.8) is 0 Å². The van der Waals surface area contributed by atoms with Crippen molar-refractivity contribution >= 4 is 8.32 Å². The van der Waals surface area contributed by atoms with E-state index in [1.165, 1.54) is 44.9 Å². The molecule has 3 heteroatoms. The van der Waals surface area contributed by atoms with Gasteiger partial charge in [-0.05, 0) is 117 Å². The van der Waals surface area contributed by atoms with Crippen LogP contribution in [0.25, 0.3) is 0 Å². The fourth-order valence-electron chi connectivity index (χ4n) is 8.11. The number of hydrogen-bond donors (Lipinski definition) is 1. The predicted molar refractivity (Wildman–Crippen MR) is 124 cm³/mol. The maximum Gasteiger partial charge on any atom is 0.192 e. The van der Waals surface area contributed by atoms with E-state index in [4.69, 9.17) is 4.43 Å². The highest BCUT2D eigenvalue weighted by molar-refractivity contribution is 6.74. The molecule has 0 aliphatic heterocycles. The summed E-state index contributed by atoms with van der Waals surface area (Å²) in [6, 6.07) is 0. The summed E-state index contributed by atoms with van der Waals surface area (Å²) in [5.41, 5.74) is 0.431. The topological polar surface area (TPSA) is 29.5 Å². The molecule has 0 heterocycles. The first-order valence-electron chi connectivity index (χ1n) is 12.6. The quantitative estimate of drug-likeness (QED) is 0.480. The molecule has 29 heavy (non-hydrogen) atoms. The van der Waals surface area contributed by atoms with Gasteiger partial charge in [-0.15, -0.1) is 0 Å². The molecule has 0 bridgehead atoms. The van der Waals surface area contributed by atoms with Gasteiger partial charge in [0.05, 0.1) is 11.7 Å². The third-order valence-electron chi connectivity index (χ3n) is 11.1. The van der Waals surface area contributed by atoms with Crippen LogP contribution < -0.4 is 0 Å². The molecule has 4 fully saturated rings. The molecule has 4 aliphatic rings. The van der Waals surface area contributed by atoms with Gasteiger partial charge in [-0.3, -0.25) is 0 Å². The Balaban J connectivity index is 1.54. The molecule has 4 rings (SSSR count).